The molecule has 0 radical (unpaired) electrons. The van der Waals surface area contributed by atoms with Gasteiger partial charge >= 0.3 is 0 Å². The van der Waals surface area contributed by atoms with Crippen LogP contribution in [-0.2, 0) is 11.3 Å². The molecule has 2 aliphatic rings. The van der Waals surface area contributed by atoms with E-state index >= 15 is 0 Å². The minimum absolute atomic E-state index is 0.0701. The van der Waals surface area contributed by atoms with Crippen LogP contribution in [0.5, 0.6) is 0 Å². The van der Waals surface area contributed by atoms with Gasteiger partial charge in [0.05, 0.1) is 0 Å². The number of rotatable bonds is 5. The van der Waals surface area contributed by atoms with Crippen molar-refractivity contribution in [1.82, 2.24) is 9.80 Å². The van der Waals surface area contributed by atoms with Crippen LogP contribution in [0.4, 0.5) is 5.69 Å². The summed E-state index contributed by atoms with van der Waals surface area (Å²) in [5.41, 5.74) is 2.69. The summed E-state index contributed by atoms with van der Waals surface area (Å²) in [4.78, 5) is 29.9. The molecule has 0 aliphatic carbocycles. The van der Waals surface area contributed by atoms with Gasteiger partial charge in [-0.25, -0.2) is 0 Å². The van der Waals surface area contributed by atoms with Crippen molar-refractivity contribution in [3.63, 3.8) is 0 Å². The Morgan fingerprint density at radius 2 is 1.70 bits per heavy atom. The minimum atomic E-state index is -0.411. The molecule has 2 atom stereocenters. The third-order valence-electron chi connectivity index (χ3n) is 6.38. The van der Waals surface area contributed by atoms with Crippen LogP contribution in [0.1, 0.15) is 54.9 Å². The predicted octanol–water partition coefficient (Wildman–Crippen LogP) is 4.30. The molecule has 2 aliphatic heterocycles. The Morgan fingerprint density at radius 3 is 2.43 bits per heavy atom. The summed E-state index contributed by atoms with van der Waals surface area (Å²) < 4.78 is 0. The molecule has 2 heterocycles. The van der Waals surface area contributed by atoms with Gasteiger partial charge in [-0.15, -0.1) is 0 Å². The number of likely N-dealkylation sites (tertiary alicyclic amines) is 2. The molecular formula is C25H31N3O2. The zero-order valence-corrected chi connectivity index (χ0v) is 17.7. The van der Waals surface area contributed by atoms with Crippen LogP contribution in [0.2, 0.25) is 0 Å². The fourth-order valence-corrected chi connectivity index (χ4v) is 4.57. The van der Waals surface area contributed by atoms with Gasteiger partial charge in [0, 0.05) is 30.4 Å². The molecule has 2 unspecified atom stereocenters. The summed E-state index contributed by atoms with van der Waals surface area (Å²) in [5.74, 6) is -0.173. The van der Waals surface area contributed by atoms with Crippen molar-refractivity contribution in [2.75, 3.05) is 18.4 Å². The number of piperidine rings is 1. The van der Waals surface area contributed by atoms with E-state index in [1.165, 1.54) is 24.8 Å². The molecule has 0 spiro atoms. The van der Waals surface area contributed by atoms with Crippen LogP contribution >= 0.6 is 0 Å². The number of amides is 2. The van der Waals surface area contributed by atoms with Gasteiger partial charge < -0.3 is 10.2 Å². The zero-order chi connectivity index (χ0) is 20.9. The Morgan fingerprint density at radius 1 is 0.933 bits per heavy atom. The lowest BCUT2D eigenvalue weighted by atomic mass is 10.0. The highest BCUT2D eigenvalue weighted by atomic mass is 16.2. The fourth-order valence-electron chi connectivity index (χ4n) is 4.57. The van der Waals surface area contributed by atoms with Crippen LogP contribution in [0.25, 0.3) is 0 Å². The van der Waals surface area contributed by atoms with Gasteiger partial charge in [-0.1, -0.05) is 36.8 Å². The Hall–Kier alpha value is -2.66. The SMILES string of the molecule is CC1CCCCN1Cc1ccc(NC(=O)C2CCCN2C(=O)c2ccccc2)cc1. The average molecular weight is 406 g/mol. The largest absolute Gasteiger partial charge is 0.327 e. The predicted molar refractivity (Wildman–Crippen MR) is 119 cm³/mol. The van der Waals surface area contributed by atoms with Gasteiger partial charge in [0.2, 0.25) is 5.91 Å². The number of hydrogen-bond acceptors (Lipinski definition) is 3. The molecule has 0 saturated carbocycles. The number of anilines is 1. The number of nitrogens with one attached hydrogen (secondary N) is 1. The molecule has 2 aromatic rings. The quantitative estimate of drug-likeness (QED) is 0.807. The highest BCUT2D eigenvalue weighted by Crippen LogP contribution is 2.23. The van der Waals surface area contributed by atoms with E-state index in [1.54, 1.807) is 17.0 Å². The average Bonchev–Trinajstić information content (AvgIpc) is 3.27. The van der Waals surface area contributed by atoms with Gasteiger partial charge in [-0.3, -0.25) is 14.5 Å². The molecule has 0 bridgehead atoms. The van der Waals surface area contributed by atoms with Crippen molar-refractivity contribution < 1.29 is 9.59 Å². The first-order valence-corrected chi connectivity index (χ1v) is 11.1. The van der Waals surface area contributed by atoms with Gasteiger partial charge in [-0.2, -0.15) is 0 Å². The monoisotopic (exact) mass is 405 g/mol. The first-order chi connectivity index (χ1) is 14.6. The normalized spacial score (nSPS) is 22.1. The Labute approximate surface area is 179 Å². The van der Waals surface area contributed by atoms with Crippen LogP contribution in [0, 0.1) is 0 Å². The molecule has 0 aromatic heterocycles. The Kier molecular flexibility index (Phi) is 6.48. The Bertz CT molecular complexity index is 866. The topological polar surface area (TPSA) is 52.7 Å². The number of carbonyl (C=O) groups excluding carboxylic acids is 2. The summed E-state index contributed by atoms with van der Waals surface area (Å²) in [5, 5.41) is 3.01. The van der Waals surface area contributed by atoms with Gasteiger partial charge in [0.15, 0.2) is 0 Å². The summed E-state index contributed by atoms with van der Waals surface area (Å²) in [6, 6.07) is 17.6. The Balaban J connectivity index is 1.36. The molecule has 2 fully saturated rings. The molecule has 2 aromatic carbocycles. The van der Waals surface area contributed by atoms with Crippen molar-refractivity contribution in [3.05, 3.63) is 65.7 Å². The summed E-state index contributed by atoms with van der Waals surface area (Å²) in [7, 11) is 0. The van der Waals surface area contributed by atoms with Crippen LogP contribution in [0.3, 0.4) is 0 Å². The van der Waals surface area contributed by atoms with E-state index in [0.717, 1.165) is 25.2 Å². The third kappa shape index (κ3) is 4.73. The van der Waals surface area contributed by atoms with E-state index in [1.807, 2.05) is 30.3 Å². The van der Waals surface area contributed by atoms with Crippen molar-refractivity contribution in [2.45, 2.75) is 57.7 Å². The summed E-state index contributed by atoms with van der Waals surface area (Å²) in [6.45, 7) is 5.04. The smallest absolute Gasteiger partial charge is 0.254 e. The standard InChI is InChI=1S/C25H31N3O2/c1-19-8-5-6-16-27(19)18-20-12-14-22(15-13-20)26-24(29)23-11-7-17-28(23)25(30)21-9-3-2-4-10-21/h2-4,9-10,12-15,19,23H,5-8,11,16-18H2,1H3,(H,26,29). The highest BCUT2D eigenvalue weighted by molar-refractivity contribution is 6.01. The molecular weight excluding hydrogens is 374 g/mol. The minimum Gasteiger partial charge on any atom is -0.327 e. The van der Waals surface area contributed by atoms with E-state index in [2.05, 4.69) is 29.3 Å². The lowest BCUT2D eigenvalue weighted by Crippen LogP contribution is -2.43. The maximum atomic E-state index is 12.9. The van der Waals surface area contributed by atoms with E-state index < -0.39 is 6.04 Å². The molecule has 158 valence electrons. The maximum absolute atomic E-state index is 12.9. The molecule has 5 nitrogen and oxygen atoms in total. The second-order valence-electron chi connectivity index (χ2n) is 8.52. The van der Waals surface area contributed by atoms with Crippen molar-refractivity contribution >= 4 is 17.5 Å². The first kappa shape index (κ1) is 20.6. The van der Waals surface area contributed by atoms with Gasteiger partial charge in [0.25, 0.3) is 5.91 Å². The lowest BCUT2D eigenvalue weighted by Gasteiger charge is -2.33. The number of hydrogen-bond donors (Lipinski definition) is 1. The van der Waals surface area contributed by atoms with Gasteiger partial charge in [0.1, 0.15) is 6.04 Å². The van der Waals surface area contributed by atoms with Crippen molar-refractivity contribution in [3.8, 4) is 0 Å². The lowest BCUT2D eigenvalue weighted by molar-refractivity contribution is -0.119. The summed E-state index contributed by atoms with van der Waals surface area (Å²) in [6.07, 6.45) is 5.43. The van der Waals surface area contributed by atoms with E-state index in [9.17, 15) is 9.59 Å². The van der Waals surface area contributed by atoms with E-state index in [-0.39, 0.29) is 11.8 Å². The number of benzene rings is 2. The zero-order valence-electron chi connectivity index (χ0n) is 17.7. The van der Waals surface area contributed by atoms with E-state index in [0.29, 0.717) is 24.6 Å². The maximum Gasteiger partial charge on any atom is 0.254 e. The molecule has 30 heavy (non-hydrogen) atoms. The number of nitrogens with zero attached hydrogens (tertiary/aromatic N) is 2. The molecule has 2 amide bonds. The van der Waals surface area contributed by atoms with Crippen LogP contribution < -0.4 is 5.32 Å². The highest BCUT2D eigenvalue weighted by Gasteiger charge is 2.34. The third-order valence-corrected chi connectivity index (χ3v) is 6.38. The van der Waals surface area contributed by atoms with Crippen LogP contribution in [-0.4, -0.2) is 46.8 Å². The second-order valence-corrected chi connectivity index (χ2v) is 8.52. The summed E-state index contributed by atoms with van der Waals surface area (Å²) >= 11 is 0. The van der Waals surface area contributed by atoms with Gasteiger partial charge in [-0.05, 0) is 69.0 Å². The van der Waals surface area contributed by atoms with E-state index in [4.69, 9.17) is 0 Å². The molecule has 5 heteroatoms. The molecule has 2 saturated heterocycles. The van der Waals surface area contributed by atoms with Crippen LogP contribution in [0.15, 0.2) is 54.6 Å². The second kappa shape index (κ2) is 9.43. The molecule has 4 rings (SSSR count). The number of carbonyl (C=O) groups is 2. The molecule has 1 N–H and O–H groups in total. The van der Waals surface area contributed by atoms with Crippen molar-refractivity contribution in [1.29, 1.82) is 0 Å². The fraction of sp³-hybridized carbons (Fsp3) is 0.440. The van der Waals surface area contributed by atoms with Crippen molar-refractivity contribution in [2.24, 2.45) is 0 Å². The first-order valence-electron chi connectivity index (χ1n) is 11.1.